The molecular formula is C9H9BrO5S. The van der Waals surface area contributed by atoms with Crippen LogP contribution >= 0.6 is 15.9 Å². The van der Waals surface area contributed by atoms with Crippen LogP contribution in [-0.2, 0) is 14.6 Å². The van der Waals surface area contributed by atoms with E-state index < -0.39 is 21.9 Å². The van der Waals surface area contributed by atoms with Crippen molar-refractivity contribution in [2.75, 3.05) is 6.26 Å². The molecule has 0 aliphatic rings. The molecule has 1 unspecified atom stereocenters. The van der Waals surface area contributed by atoms with Crippen LogP contribution in [0.15, 0.2) is 27.6 Å². The first-order valence-corrected chi connectivity index (χ1v) is 6.82. The van der Waals surface area contributed by atoms with E-state index in [9.17, 15) is 18.3 Å². The van der Waals surface area contributed by atoms with Gasteiger partial charge in [-0.2, -0.15) is 0 Å². The zero-order chi connectivity index (χ0) is 12.5. The normalized spacial score (nSPS) is 13.4. The van der Waals surface area contributed by atoms with Crippen LogP contribution in [0, 0.1) is 0 Å². The second-order valence-electron chi connectivity index (χ2n) is 3.20. The minimum Gasteiger partial charge on any atom is -0.479 e. The van der Waals surface area contributed by atoms with Crippen molar-refractivity contribution in [2.45, 2.75) is 11.0 Å². The number of carboxylic acids is 1. The summed E-state index contributed by atoms with van der Waals surface area (Å²) in [5.41, 5.74) is -0.149. The number of carboxylic acid groups (broad SMARTS) is 1. The molecule has 0 fully saturated rings. The van der Waals surface area contributed by atoms with Gasteiger partial charge in [0.15, 0.2) is 15.9 Å². The Balaban J connectivity index is 3.47. The van der Waals surface area contributed by atoms with Crippen molar-refractivity contribution in [2.24, 2.45) is 0 Å². The molecule has 0 saturated heterocycles. The van der Waals surface area contributed by atoms with Crippen LogP contribution in [0.2, 0.25) is 0 Å². The molecular weight excluding hydrogens is 300 g/mol. The van der Waals surface area contributed by atoms with Gasteiger partial charge >= 0.3 is 5.97 Å². The first kappa shape index (κ1) is 13.1. The summed E-state index contributed by atoms with van der Waals surface area (Å²) in [6.07, 6.45) is -0.906. The number of hydrogen-bond donors (Lipinski definition) is 2. The molecule has 0 heterocycles. The fraction of sp³-hybridized carbons (Fsp3) is 0.222. The average molecular weight is 309 g/mol. The van der Waals surface area contributed by atoms with E-state index in [1.807, 2.05) is 0 Å². The van der Waals surface area contributed by atoms with Crippen molar-refractivity contribution in [3.8, 4) is 0 Å². The zero-order valence-electron chi connectivity index (χ0n) is 8.21. The topological polar surface area (TPSA) is 91.7 Å². The third-order valence-electron chi connectivity index (χ3n) is 1.90. The summed E-state index contributed by atoms with van der Waals surface area (Å²) < 4.78 is 23.2. The third-order valence-corrected chi connectivity index (χ3v) is 3.56. The van der Waals surface area contributed by atoms with E-state index in [1.54, 1.807) is 0 Å². The number of carbonyl (C=O) groups is 1. The lowest BCUT2D eigenvalue weighted by molar-refractivity contribution is -0.147. The van der Waals surface area contributed by atoms with Gasteiger partial charge in [0.25, 0.3) is 0 Å². The Morgan fingerprint density at radius 3 is 2.44 bits per heavy atom. The molecule has 0 aromatic heterocycles. The van der Waals surface area contributed by atoms with Crippen LogP contribution in [0.25, 0.3) is 0 Å². The predicted octanol–water partition coefficient (Wildman–Crippen LogP) is 0.971. The predicted molar refractivity (Wildman–Crippen MR) is 59.8 cm³/mol. The molecule has 0 aliphatic heterocycles. The second-order valence-corrected chi connectivity index (χ2v) is 6.09. The van der Waals surface area contributed by atoms with Crippen molar-refractivity contribution in [1.82, 2.24) is 0 Å². The molecule has 0 aliphatic carbocycles. The highest BCUT2D eigenvalue weighted by Gasteiger charge is 2.24. The Kier molecular flexibility index (Phi) is 3.72. The number of hydrogen-bond acceptors (Lipinski definition) is 4. The SMILES string of the molecule is CS(=O)(=O)c1ccc(Br)cc1C(O)C(=O)O. The Morgan fingerprint density at radius 2 is 2.00 bits per heavy atom. The first-order chi connectivity index (χ1) is 7.23. The molecule has 0 amide bonds. The monoisotopic (exact) mass is 308 g/mol. The Bertz CT molecular complexity index is 523. The summed E-state index contributed by atoms with van der Waals surface area (Å²) in [5.74, 6) is -1.50. The fourth-order valence-electron chi connectivity index (χ4n) is 1.20. The van der Waals surface area contributed by atoms with Crippen LogP contribution in [0.5, 0.6) is 0 Å². The molecule has 1 rings (SSSR count). The van der Waals surface area contributed by atoms with Crippen molar-refractivity contribution in [1.29, 1.82) is 0 Å². The molecule has 5 nitrogen and oxygen atoms in total. The number of halogens is 1. The number of rotatable bonds is 3. The van der Waals surface area contributed by atoms with Gasteiger partial charge in [-0.3, -0.25) is 0 Å². The van der Waals surface area contributed by atoms with Gasteiger partial charge < -0.3 is 10.2 Å². The van der Waals surface area contributed by atoms with Gasteiger partial charge in [-0.1, -0.05) is 15.9 Å². The van der Waals surface area contributed by atoms with Crippen LogP contribution in [0.1, 0.15) is 11.7 Å². The Labute approximate surface area is 101 Å². The molecule has 0 bridgehead atoms. The standard InChI is InChI=1S/C9H9BrO5S/c1-16(14,15)7-3-2-5(10)4-6(7)8(11)9(12)13/h2-4,8,11H,1H3,(H,12,13). The number of sulfone groups is 1. The molecule has 2 N–H and O–H groups in total. The van der Waals surface area contributed by atoms with Gasteiger partial charge in [-0.05, 0) is 18.2 Å². The molecule has 1 aromatic carbocycles. The quantitative estimate of drug-likeness (QED) is 0.868. The van der Waals surface area contributed by atoms with Crippen molar-refractivity contribution >= 4 is 31.7 Å². The van der Waals surface area contributed by atoms with Gasteiger partial charge in [-0.15, -0.1) is 0 Å². The maximum absolute atomic E-state index is 11.4. The molecule has 0 spiro atoms. The number of aliphatic carboxylic acids is 1. The van der Waals surface area contributed by atoms with E-state index in [0.29, 0.717) is 4.47 Å². The van der Waals surface area contributed by atoms with E-state index in [4.69, 9.17) is 5.11 Å². The van der Waals surface area contributed by atoms with Gasteiger partial charge in [0.1, 0.15) is 0 Å². The van der Waals surface area contributed by atoms with Gasteiger partial charge in [0, 0.05) is 16.3 Å². The molecule has 7 heteroatoms. The minimum atomic E-state index is -3.57. The second kappa shape index (κ2) is 4.52. The van der Waals surface area contributed by atoms with E-state index in [1.165, 1.54) is 18.2 Å². The zero-order valence-corrected chi connectivity index (χ0v) is 10.6. The average Bonchev–Trinajstić information content (AvgIpc) is 2.14. The lowest BCUT2D eigenvalue weighted by atomic mass is 10.1. The van der Waals surface area contributed by atoms with Gasteiger partial charge in [0.05, 0.1) is 4.90 Å². The molecule has 0 saturated carbocycles. The summed E-state index contributed by atoms with van der Waals surface area (Å²) >= 11 is 3.08. The van der Waals surface area contributed by atoms with Crippen LogP contribution in [0.4, 0.5) is 0 Å². The fourth-order valence-corrected chi connectivity index (χ4v) is 2.50. The Hall–Kier alpha value is -0.920. The molecule has 88 valence electrons. The van der Waals surface area contributed by atoms with Gasteiger partial charge in [0.2, 0.25) is 0 Å². The van der Waals surface area contributed by atoms with Crippen molar-refractivity contribution in [3.63, 3.8) is 0 Å². The molecule has 16 heavy (non-hydrogen) atoms. The number of benzene rings is 1. The van der Waals surface area contributed by atoms with E-state index in [2.05, 4.69) is 15.9 Å². The molecule has 1 aromatic rings. The summed E-state index contributed by atoms with van der Waals surface area (Å²) in [5, 5.41) is 18.0. The minimum absolute atomic E-state index is 0.149. The highest BCUT2D eigenvalue weighted by Crippen LogP contribution is 2.26. The highest BCUT2D eigenvalue weighted by atomic mass is 79.9. The van der Waals surface area contributed by atoms with Crippen LogP contribution in [0.3, 0.4) is 0 Å². The Morgan fingerprint density at radius 1 is 1.44 bits per heavy atom. The summed E-state index contributed by atoms with van der Waals surface area (Å²) in [4.78, 5) is 10.4. The summed E-state index contributed by atoms with van der Waals surface area (Å²) in [7, 11) is -3.57. The highest BCUT2D eigenvalue weighted by molar-refractivity contribution is 9.10. The largest absolute Gasteiger partial charge is 0.479 e. The third kappa shape index (κ3) is 2.81. The molecule has 1 atom stereocenters. The van der Waals surface area contributed by atoms with Crippen molar-refractivity contribution in [3.05, 3.63) is 28.2 Å². The van der Waals surface area contributed by atoms with E-state index in [0.717, 1.165) is 6.26 Å². The number of aliphatic hydroxyl groups excluding tert-OH is 1. The smallest absolute Gasteiger partial charge is 0.337 e. The van der Waals surface area contributed by atoms with E-state index >= 15 is 0 Å². The first-order valence-electron chi connectivity index (χ1n) is 4.14. The van der Waals surface area contributed by atoms with Gasteiger partial charge in [-0.25, -0.2) is 13.2 Å². The number of aliphatic hydroxyl groups is 1. The maximum Gasteiger partial charge on any atom is 0.337 e. The molecule has 0 radical (unpaired) electrons. The maximum atomic E-state index is 11.4. The van der Waals surface area contributed by atoms with Crippen molar-refractivity contribution < 1.29 is 23.4 Å². The summed E-state index contributed by atoms with van der Waals surface area (Å²) in [6, 6.07) is 3.99. The van der Waals surface area contributed by atoms with E-state index in [-0.39, 0.29) is 10.5 Å². The van der Waals surface area contributed by atoms with Crippen LogP contribution in [-0.4, -0.2) is 30.9 Å². The lowest BCUT2D eigenvalue weighted by Gasteiger charge is -2.11. The summed E-state index contributed by atoms with van der Waals surface area (Å²) in [6.45, 7) is 0. The van der Waals surface area contributed by atoms with Crippen LogP contribution < -0.4 is 0 Å². The lowest BCUT2D eigenvalue weighted by Crippen LogP contribution is -2.14.